The molecule has 1 aromatic rings. The molecule has 5 heteroatoms. The van der Waals surface area contributed by atoms with Crippen LogP contribution in [0, 0.1) is 15.9 Å². The maximum atomic E-state index is 6.13. The summed E-state index contributed by atoms with van der Waals surface area (Å²) < 4.78 is 7.29. The zero-order valence-electron chi connectivity index (χ0n) is 12.9. The Kier molecular flexibility index (Phi) is 6.84. The number of ether oxygens (including phenoxy) is 1. The fourth-order valence-electron chi connectivity index (χ4n) is 2.45. The highest BCUT2D eigenvalue weighted by Crippen LogP contribution is 2.24. The molecule has 2 rings (SSSR count). The first-order chi connectivity index (χ1) is 10.7. The van der Waals surface area contributed by atoms with Crippen molar-refractivity contribution in [1.29, 1.82) is 0 Å². The predicted molar refractivity (Wildman–Crippen MR) is 99.2 cm³/mol. The minimum absolute atomic E-state index is 0.266. The molecule has 0 aliphatic carbocycles. The van der Waals surface area contributed by atoms with Gasteiger partial charge in [-0.1, -0.05) is 18.1 Å². The summed E-state index contributed by atoms with van der Waals surface area (Å²) in [5, 5.41) is 3.30. The Morgan fingerprint density at radius 1 is 1.45 bits per heavy atom. The van der Waals surface area contributed by atoms with Crippen molar-refractivity contribution in [2.45, 2.75) is 25.9 Å². The normalized spacial score (nSPS) is 16.2. The van der Waals surface area contributed by atoms with Crippen LogP contribution in [0.5, 0.6) is 5.75 Å². The molecule has 1 aromatic carbocycles. The fraction of sp³-hybridized carbons (Fsp3) is 0.471. The molecule has 0 atom stereocenters. The van der Waals surface area contributed by atoms with E-state index in [9.17, 15) is 0 Å². The SMILES string of the molecule is C#CCN=C(NCC)N1CCC(Oc2ccccc2I)CC1. The monoisotopic (exact) mass is 411 g/mol. The maximum Gasteiger partial charge on any atom is 0.194 e. The third-order valence-corrected chi connectivity index (χ3v) is 4.42. The van der Waals surface area contributed by atoms with Gasteiger partial charge in [-0.15, -0.1) is 6.42 Å². The van der Waals surface area contributed by atoms with Gasteiger partial charge in [-0.05, 0) is 41.6 Å². The number of likely N-dealkylation sites (tertiary alicyclic amines) is 1. The summed E-state index contributed by atoms with van der Waals surface area (Å²) in [6, 6.07) is 8.15. The molecule has 22 heavy (non-hydrogen) atoms. The number of aliphatic imine (C=N–C) groups is 1. The first-order valence-electron chi connectivity index (χ1n) is 7.62. The van der Waals surface area contributed by atoms with E-state index >= 15 is 0 Å². The Balaban J connectivity index is 1.89. The van der Waals surface area contributed by atoms with Crippen LogP contribution in [0.3, 0.4) is 0 Å². The van der Waals surface area contributed by atoms with Crippen LogP contribution in [0.15, 0.2) is 29.3 Å². The zero-order valence-corrected chi connectivity index (χ0v) is 15.0. The lowest BCUT2D eigenvalue weighted by Gasteiger charge is -2.34. The van der Waals surface area contributed by atoms with Gasteiger partial charge in [0, 0.05) is 32.5 Å². The van der Waals surface area contributed by atoms with Crippen molar-refractivity contribution in [3.05, 3.63) is 27.8 Å². The second-order valence-corrected chi connectivity index (χ2v) is 6.27. The van der Waals surface area contributed by atoms with Crippen LogP contribution in [0.1, 0.15) is 19.8 Å². The van der Waals surface area contributed by atoms with E-state index in [2.05, 4.69) is 56.7 Å². The van der Waals surface area contributed by atoms with Gasteiger partial charge in [0.15, 0.2) is 5.96 Å². The van der Waals surface area contributed by atoms with Gasteiger partial charge in [0.05, 0.1) is 3.57 Å². The van der Waals surface area contributed by atoms with Gasteiger partial charge in [-0.25, -0.2) is 4.99 Å². The van der Waals surface area contributed by atoms with Gasteiger partial charge in [0.1, 0.15) is 18.4 Å². The van der Waals surface area contributed by atoms with Crippen LogP contribution >= 0.6 is 22.6 Å². The van der Waals surface area contributed by atoms with Crippen LogP contribution < -0.4 is 10.1 Å². The topological polar surface area (TPSA) is 36.9 Å². The minimum atomic E-state index is 0.266. The summed E-state index contributed by atoms with van der Waals surface area (Å²) in [6.07, 6.45) is 7.55. The number of hydrogen-bond donors (Lipinski definition) is 1. The van der Waals surface area contributed by atoms with E-state index in [0.717, 1.165) is 47.8 Å². The quantitative estimate of drug-likeness (QED) is 0.358. The Morgan fingerprint density at radius 2 is 2.18 bits per heavy atom. The lowest BCUT2D eigenvalue weighted by Crippen LogP contribution is -2.47. The molecule has 0 bridgehead atoms. The highest BCUT2D eigenvalue weighted by atomic mass is 127. The maximum absolute atomic E-state index is 6.13. The number of guanidine groups is 1. The van der Waals surface area contributed by atoms with Gasteiger partial charge in [0.2, 0.25) is 0 Å². The number of para-hydroxylation sites is 1. The molecular formula is C17H22IN3O. The number of hydrogen-bond acceptors (Lipinski definition) is 2. The summed E-state index contributed by atoms with van der Waals surface area (Å²) in [7, 11) is 0. The summed E-state index contributed by atoms with van der Waals surface area (Å²) in [4.78, 5) is 6.69. The summed E-state index contributed by atoms with van der Waals surface area (Å²) in [5.74, 6) is 4.45. The molecule has 0 aromatic heterocycles. The molecule has 1 aliphatic heterocycles. The van der Waals surface area contributed by atoms with Crippen LogP contribution in [0.25, 0.3) is 0 Å². The number of benzene rings is 1. The molecule has 0 spiro atoms. The number of terminal acetylenes is 1. The van der Waals surface area contributed by atoms with E-state index < -0.39 is 0 Å². The highest BCUT2D eigenvalue weighted by Gasteiger charge is 2.23. The Labute approximate surface area is 146 Å². The second kappa shape index (κ2) is 8.89. The number of halogens is 1. The first-order valence-corrected chi connectivity index (χ1v) is 8.70. The van der Waals surface area contributed by atoms with E-state index in [0.29, 0.717) is 6.54 Å². The molecule has 1 aliphatic rings. The van der Waals surface area contributed by atoms with Crippen molar-refractivity contribution in [1.82, 2.24) is 10.2 Å². The molecule has 4 nitrogen and oxygen atoms in total. The van der Waals surface area contributed by atoms with Gasteiger partial charge in [-0.2, -0.15) is 0 Å². The first kappa shape index (κ1) is 16.9. The van der Waals surface area contributed by atoms with E-state index in [-0.39, 0.29) is 6.10 Å². The smallest absolute Gasteiger partial charge is 0.194 e. The zero-order chi connectivity index (χ0) is 15.8. The summed E-state index contributed by atoms with van der Waals surface area (Å²) in [5.41, 5.74) is 0. The third kappa shape index (κ3) is 4.80. The van der Waals surface area contributed by atoms with Crippen molar-refractivity contribution in [2.75, 3.05) is 26.2 Å². The number of nitrogens with one attached hydrogen (secondary N) is 1. The molecule has 1 fully saturated rings. The molecule has 0 saturated carbocycles. The Bertz CT molecular complexity index is 545. The molecule has 0 amide bonds. The number of rotatable bonds is 4. The van der Waals surface area contributed by atoms with E-state index in [4.69, 9.17) is 11.2 Å². The van der Waals surface area contributed by atoms with Crippen LogP contribution in [-0.4, -0.2) is 43.1 Å². The molecule has 118 valence electrons. The number of piperidine rings is 1. The fourth-order valence-corrected chi connectivity index (χ4v) is 2.97. The van der Waals surface area contributed by atoms with Gasteiger partial charge >= 0.3 is 0 Å². The Morgan fingerprint density at radius 3 is 2.82 bits per heavy atom. The average Bonchev–Trinajstić information content (AvgIpc) is 2.54. The van der Waals surface area contributed by atoms with E-state index in [1.54, 1.807) is 0 Å². The molecular weight excluding hydrogens is 389 g/mol. The van der Waals surface area contributed by atoms with Crippen molar-refractivity contribution >= 4 is 28.6 Å². The van der Waals surface area contributed by atoms with Crippen molar-refractivity contribution in [3.63, 3.8) is 0 Å². The predicted octanol–water partition coefficient (Wildman–Crippen LogP) is 2.73. The standard InChI is InChI=1S/C17H22IN3O/c1-3-11-20-17(19-4-2)21-12-9-14(10-13-21)22-16-8-6-5-7-15(16)18/h1,5-8,14H,4,9-13H2,2H3,(H,19,20). The molecule has 0 radical (unpaired) electrons. The lowest BCUT2D eigenvalue weighted by atomic mass is 10.1. The summed E-state index contributed by atoms with van der Waals surface area (Å²) >= 11 is 2.31. The third-order valence-electron chi connectivity index (χ3n) is 3.53. The minimum Gasteiger partial charge on any atom is -0.489 e. The number of nitrogens with zero attached hydrogens (tertiary/aromatic N) is 2. The van der Waals surface area contributed by atoms with Crippen LogP contribution in [-0.2, 0) is 0 Å². The molecule has 0 unspecified atom stereocenters. The second-order valence-electron chi connectivity index (χ2n) is 5.11. The van der Waals surface area contributed by atoms with Gasteiger partial charge in [0.25, 0.3) is 0 Å². The van der Waals surface area contributed by atoms with Crippen molar-refractivity contribution in [3.8, 4) is 18.1 Å². The molecule has 1 saturated heterocycles. The van der Waals surface area contributed by atoms with Gasteiger partial charge in [-0.3, -0.25) is 0 Å². The van der Waals surface area contributed by atoms with E-state index in [1.807, 2.05) is 18.2 Å². The van der Waals surface area contributed by atoms with Crippen LogP contribution in [0.2, 0.25) is 0 Å². The van der Waals surface area contributed by atoms with Crippen molar-refractivity contribution < 1.29 is 4.74 Å². The molecule has 1 N–H and O–H groups in total. The average molecular weight is 411 g/mol. The largest absolute Gasteiger partial charge is 0.489 e. The molecule has 1 heterocycles. The summed E-state index contributed by atoms with van der Waals surface area (Å²) in [6.45, 7) is 5.20. The van der Waals surface area contributed by atoms with E-state index in [1.165, 1.54) is 0 Å². The Hall–Kier alpha value is -1.42. The van der Waals surface area contributed by atoms with Crippen molar-refractivity contribution in [2.24, 2.45) is 4.99 Å². The highest BCUT2D eigenvalue weighted by molar-refractivity contribution is 14.1. The van der Waals surface area contributed by atoms with Gasteiger partial charge < -0.3 is 15.0 Å². The van der Waals surface area contributed by atoms with Crippen LogP contribution in [0.4, 0.5) is 0 Å². The lowest BCUT2D eigenvalue weighted by molar-refractivity contribution is 0.128.